The second kappa shape index (κ2) is 6.00. The number of nitrogens with zero attached hydrogens (tertiary/aromatic N) is 4. The van der Waals surface area contributed by atoms with E-state index in [0.717, 1.165) is 30.3 Å². The predicted molar refractivity (Wildman–Crippen MR) is 71.4 cm³/mol. The van der Waals surface area contributed by atoms with Gasteiger partial charge in [-0.25, -0.2) is 0 Å². The van der Waals surface area contributed by atoms with E-state index < -0.39 is 0 Å². The fourth-order valence-corrected chi connectivity index (χ4v) is 1.70. The maximum absolute atomic E-state index is 4.18. The molecule has 2 heterocycles. The lowest BCUT2D eigenvalue weighted by molar-refractivity contribution is 0.708. The van der Waals surface area contributed by atoms with Gasteiger partial charge in [0.15, 0.2) is 5.82 Å². The molecule has 0 unspecified atom stereocenters. The van der Waals surface area contributed by atoms with Crippen molar-refractivity contribution in [2.75, 3.05) is 17.2 Å². The highest BCUT2D eigenvalue weighted by Crippen LogP contribution is 2.13. The highest BCUT2D eigenvalue weighted by atomic mass is 15.3. The van der Waals surface area contributed by atoms with Crippen molar-refractivity contribution in [3.05, 3.63) is 30.6 Å². The summed E-state index contributed by atoms with van der Waals surface area (Å²) in [5.41, 5.74) is 1.98. The van der Waals surface area contributed by atoms with E-state index in [1.807, 2.05) is 16.8 Å². The van der Waals surface area contributed by atoms with Crippen LogP contribution in [0.1, 0.15) is 19.7 Å². The predicted octanol–water partition coefficient (Wildman–Crippen LogP) is 1.74. The normalized spacial score (nSPS) is 10.3. The molecule has 2 aromatic heterocycles. The molecule has 0 fully saturated rings. The zero-order chi connectivity index (χ0) is 12.8. The molecule has 0 aliphatic heterocycles. The van der Waals surface area contributed by atoms with E-state index in [4.69, 9.17) is 0 Å². The second-order valence-electron chi connectivity index (χ2n) is 3.88. The highest BCUT2D eigenvalue weighted by molar-refractivity contribution is 5.53. The van der Waals surface area contributed by atoms with Crippen LogP contribution >= 0.6 is 0 Å². The summed E-state index contributed by atoms with van der Waals surface area (Å²) in [4.78, 5) is 4.18. The number of aryl methyl sites for hydroxylation is 1. The smallest absolute Gasteiger partial charge is 0.152 e. The standard InChI is InChI=1S/C12H18N6/c1-3-14-10-5-11(7-13-6-10)15-8-12-17-16-9-18(12)4-2/h5-7,9,14-15H,3-4,8H2,1-2H3. The molecule has 96 valence electrons. The molecule has 0 aromatic carbocycles. The van der Waals surface area contributed by atoms with Crippen molar-refractivity contribution in [3.8, 4) is 0 Å². The molecule has 0 atom stereocenters. The minimum Gasteiger partial charge on any atom is -0.384 e. The Morgan fingerprint density at radius 2 is 1.94 bits per heavy atom. The molecule has 0 aliphatic rings. The van der Waals surface area contributed by atoms with Crippen LogP contribution in [-0.2, 0) is 13.1 Å². The number of hydrogen-bond donors (Lipinski definition) is 2. The summed E-state index contributed by atoms with van der Waals surface area (Å²) in [6.45, 7) is 6.53. The second-order valence-corrected chi connectivity index (χ2v) is 3.88. The van der Waals surface area contributed by atoms with Crippen molar-refractivity contribution in [2.45, 2.75) is 26.9 Å². The Bertz CT molecular complexity index is 493. The van der Waals surface area contributed by atoms with E-state index in [1.165, 1.54) is 0 Å². The van der Waals surface area contributed by atoms with Gasteiger partial charge in [-0.1, -0.05) is 0 Å². The van der Waals surface area contributed by atoms with Gasteiger partial charge in [0.25, 0.3) is 0 Å². The van der Waals surface area contributed by atoms with E-state index >= 15 is 0 Å². The molecule has 0 aliphatic carbocycles. The van der Waals surface area contributed by atoms with Crippen LogP contribution in [0.25, 0.3) is 0 Å². The van der Waals surface area contributed by atoms with Gasteiger partial charge in [0.1, 0.15) is 6.33 Å². The van der Waals surface area contributed by atoms with Crippen LogP contribution in [0.2, 0.25) is 0 Å². The van der Waals surface area contributed by atoms with Gasteiger partial charge in [-0.05, 0) is 19.9 Å². The molecular weight excluding hydrogens is 228 g/mol. The average Bonchev–Trinajstić information content (AvgIpc) is 2.84. The lowest BCUT2D eigenvalue weighted by Crippen LogP contribution is -2.08. The van der Waals surface area contributed by atoms with Gasteiger partial charge >= 0.3 is 0 Å². The first kappa shape index (κ1) is 12.3. The lowest BCUT2D eigenvalue weighted by atomic mass is 10.3. The molecule has 0 spiro atoms. The minimum absolute atomic E-state index is 0.644. The van der Waals surface area contributed by atoms with Crippen molar-refractivity contribution in [2.24, 2.45) is 0 Å². The highest BCUT2D eigenvalue weighted by Gasteiger charge is 2.02. The van der Waals surface area contributed by atoms with Crippen LogP contribution in [0.3, 0.4) is 0 Å². The number of anilines is 2. The maximum atomic E-state index is 4.18. The van der Waals surface area contributed by atoms with Crippen LogP contribution in [0.5, 0.6) is 0 Å². The van der Waals surface area contributed by atoms with Gasteiger partial charge in [0.05, 0.1) is 30.3 Å². The van der Waals surface area contributed by atoms with Crippen molar-refractivity contribution in [1.29, 1.82) is 0 Å². The summed E-state index contributed by atoms with van der Waals surface area (Å²) < 4.78 is 2.01. The first-order chi connectivity index (χ1) is 8.83. The van der Waals surface area contributed by atoms with Crippen LogP contribution in [0, 0.1) is 0 Å². The van der Waals surface area contributed by atoms with E-state index in [0.29, 0.717) is 6.54 Å². The molecule has 0 radical (unpaired) electrons. The first-order valence-corrected chi connectivity index (χ1v) is 6.13. The average molecular weight is 246 g/mol. The number of rotatable bonds is 6. The SMILES string of the molecule is CCNc1cncc(NCc2nncn2CC)c1. The van der Waals surface area contributed by atoms with Crippen molar-refractivity contribution < 1.29 is 0 Å². The minimum atomic E-state index is 0.644. The molecule has 0 bridgehead atoms. The van der Waals surface area contributed by atoms with Crippen LogP contribution in [0.4, 0.5) is 11.4 Å². The first-order valence-electron chi connectivity index (χ1n) is 6.13. The third-order valence-electron chi connectivity index (χ3n) is 2.61. The van der Waals surface area contributed by atoms with Gasteiger partial charge in [-0.3, -0.25) is 4.98 Å². The number of aromatic nitrogens is 4. The molecular formula is C12H18N6. The lowest BCUT2D eigenvalue weighted by Gasteiger charge is -2.08. The van der Waals surface area contributed by atoms with Gasteiger partial charge in [0, 0.05) is 13.1 Å². The quantitative estimate of drug-likeness (QED) is 0.812. The fraction of sp³-hybridized carbons (Fsp3) is 0.417. The van der Waals surface area contributed by atoms with Crippen LogP contribution in [0.15, 0.2) is 24.8 Å². The summed E-state index contributed by atoms with van der Waals surface area (Å²) in [5, 5.41) is 14.5. The zero-order valence-corrected chi connectivity index (χ0v) is 10.7. The Morgan fingerprint density at radius 1 is 1.17 bits per heavy atom. The zero-order valence-electron chi connectivity index (χ0n) is 10.7. The molecule has 2 rings (SSSR count). The van der Waals surface area contributed by atoms with Gasteiger partial charge in [-0.2, -0.15) is 0 Å². The van der Waals surface area contributed by atoms with Gasteiger partial charge in [-0.15, -0.1) is 10.2 Å². The topological polar surface area (TPSA) is 67.7 Å². The number of pyridine rings is 1. The van der Waals surface area contributed by atoms with Gasteiger partial charge in [0.2, 0.25) is 0 Å². The number of hydrogen-bond acceptors (Lipinski definition) is 5. The third kappa shape index (κ3) is 2.97. The Hall–Kier alpha value is -2.11. The Balaban J connectivity index is 1.99. The summed E-state index contributed by atoms with van der Waals surface area (Å²) in [5.74, 6) is 0.923. The Kier molecular flexibility index (Phi) is 4.11. The fourth-order valence-electron chi connectivity index (χ4n) is 1.70. The molecule has 0 saturated heterocycles. The number of nitrogens with one attached hydrogen (secondary N) is 2. The van der Waals surface area contributed by atoms with E-state index in [2.05, 4.69) is 39.7 Å². The molecule has 6 heteroatoms. The largest absolute Gasteiger partial charge is 0.384 e. The van der Waals surface area contributed by atoms with Crippen LogP contribution in [-0.4, -0.2) is 26.3 Å². The van der Waals surface area contributed by atoms with Crippen molar-refractivity contribution >= 4 is 11.4 Å². The molecule has 18 heavy (non-hydrogen) atoms. The maximum Gasteiger partial charge on any atom is 0.152 e. The third-order valence-corrected chi connectivity index (χ3v) is 2.61. The molecule has 2 aromatic rings. The summed E-state index contributed by atoms with van der Waals surface area (Å²) in [6, 6.07) is 2.03. The Morgan fingerprint density at radius 3 is 2.67 bits per heavy atom. The molecule has 2 N–H and O–H groups in total. The summed E-state index contributed by atoms with van der Waals surface area (Å²) in [7, 11) is 0. The van der Waals surface area contributed by atoms with Crippen LogP contribution < -0.4 is 10.6 Å². The molecule has 0 saturated carbocycles. The van der Waals surface area contributed by atoms with E-state index in [9.17, 15) is 0 Å². The van der Waals surface area contributed by atoms with E-state index in [1.54, 1.807) is 12.5 Å². The Labute approximate surface area is 106 Å². The molecule has 6 nitrogen and oxygen atoms in total. The molecule has 0 amide bonds. The summed E-state index contributed by atoms with van der Waals surface area (Å²) >= 11 is 0. The van der Waals surface area contributed by atoms with Crippen molar-refractivity contribution in [1.82, 2.24) is 19.7 Å². The summed E-state index contributed by atoms with van der Waals surface area (Å²) in [6.07, 6.45) is 5.35. The van der Waals surface area contributed by atoms with E-state index in [-0.39, 0.29) is 0 Å². The monoisotopic (exact) mass is 246 g/mol. The van der Waals surface area contributed by atoms with Crippen molar-refractivity contribution in [3.63, 3.8) is 0 Å². The van der Waals surface area contributed by atoms with Gasteiger partial charge < -0.3 is 15.2 Å².